The lowest BCUT2D eigenvalue weighted by Crippen LogP contribution is -2.56. The summed E-state index contributed by atoms with van der Waals surface area (Å²) in [5, 5.41) is 0. The Bertz CT molecular complexity index is 679. The van der Waals surface area contributed by atoms with Gasteiger partial charge in [-0.1, -0.05) is 87.8 Å². The van der Waals surface area contributed by atoms with Crippen molar-refractivity contribution < 1.29 is 0 Å². The fourth-order valence-corrected chi connectivity index (χ4v) is 22.8. The summed E-state index contributed by atoms with van der Waals surface area (Å²) in [4.78, 5) is 0. The zero-order chi connectivity index (χ0) is 17.3. The topological polar surface area (TPSA) is 3.24 Å². The number of hydrogen-bond acceptors (Lipinski definition) is 1. The van der Waals surface area contributed by atoms with Crippen molar-refractivity contribution in [2.75, 3.05) is 0 Å². The first-order chi connectivity index (χ1) is 11.2. The van der Waals surface area contributed by atoms with Crippen molar-refractivity contribution in [2.45, 2.75) is 50.6 Å². The standard InChI is InChI=1S/C20H28NPSi2/c1-23(2,3)21(24(4,5)6)22-19-15-11-7-8-12-16(15)20(22)18-14-10-9-13-17(18)19/h7-14,19-20H,1-6H3. The lowest BCUT2D eigenvalue weighted by Gasteiger charge is -2.49. The van der Waals surface area contributed by atoms with Crippen molar-refractivity contribution in [3.63, 3.8) is 0 Å². The van der Waals surface area contributed by atoms with Crippen LogP contribution in [0.25, 0.3) is 0 Å². The highest BCUT2D eigenvalue weighted by Gasteiger charge is 2.55. The summed E-state index contributed by atoms with van der Waals surface area (Å²) in [7, 11) is -2.96. The van der Waals surface area contributed by atoms with Crippen molar-refractivity contribution in [2.24, 2.45) is 0 Å². The second-order valence-corrected chi connectivity index (χ2v) is 22.1. The molecule has 0 N–H and O–H groups in total. The van der Waals surface area contributed by atoms with E-state index in [0.717, 1.165) is 0 Å². The van der Waals surface area contributed by atoms with Gasteiger partial charge in [-0.2, -0.15) is 0 Å². The third kappa shape index (κ3) is 2.33. The quantitative estimate of drug-likeness (QED) is 0.437. The maximum absolute atomic E-state index is 3.12. The summed E-state index contributed by atoms with van der Waals surface area (Å²) in [6.45, 7) is 15.3. The van der Waals surface area contributed by atoms with E-state index in [1.807, 2.05) is 0 Å². The molecule has 0 atom stereocenters. The van der Waals surface area contributed by atoms with E-state index < -0.39 is 16.5 Å². The van der Waals surface area contributed by atoms with Gasteiger partial charge in [0, 0.05) is 11.3 Å². The van der Waals surface area contributed by atoms with E-state index in [1.165, 1.54) is 0 Å². The van der Waals surface area contributed by atoms with Gasteiger partial charge in [0.25, 0.3) is 0 Å². The summed E-state index contributed by atoms with van der Waals surface area (Å²) in [6, 6.07) is 18.6. The summed E-state index contributed by atoms with van der Waals surface area (Å²) >= 11 is 0. The van der Waals surface area contributed by atoms with Gasteiger partial charge in [-0.15, -0.1) is 0 Å². The first kappa shape index (κ1) is 16.7. The highest BCUT2D eigenvalue weighted by Crippen LogP contribution is 2.80. The maximum atomic E-state index is 3.12. The van der Waals surface area contributed by atoms with E-state index in [-0.39, 0.29) is 8.07 Å². The van der Waals surface area contributed by atoms with Gasteiger partial charge in [0.2, 0.25) is 0 Å². The molecule has 2 heterocycles. The van der Waals surface area contributed by atoms with Crippen molar-refractivity contribution >= 4 is 24.5 Å². The van der Waals surface area contributed by atoms with Crippen molar-refractivity contribution in [3.05, 3.63) is 70.8 Å². The molecule has 2 aromatic rings. The zero-order valence-corrected chi connectivity index (χ0v) is 18.6. The third-order valence-corrected chi connectivity index (χ3v) is 19.4. The number of nitrogens with zero attached hydrogens (tertiary/aromatic N) is 1. The predicted molar refractivity (Wildman–Crippen MR) is 112 cm³/mol. The van der Waals surface area contributed by atoms with Crippen LogP contribution in [0.2, 0.25) is 39.3 Å². The average Bonchev–Trinajstić information content (AvgIpc) is 2.95. The molecule has 0 aliphatic carbocycles. The Kier molecular flexibility index (Phi) is 3.75. The molecule has 0 spiro atoms. The fraction of sp³-hybridized carbons (Fsp3) is 0.400. The van der Waals surface area contributed by atoms with Crippen molar-refractivity contribution in [3.8, 4) is 0 Å². The van der Waals surface area contributed by atoms with Gasteiger partial charge in [0.05, 0.1) is 0 Å². The fourth-order valence-electron chi connectivity index (χ4n) is 5.00. The molecule has 0 amide bonds. The second-order valence-electron chi connectivity index (χ2n) is 9.10. The van der Waals surface area contributed by atoms with Gasteiger partial charge in [0.15, 0.2) is 0 Å². The van der Waals surface area contributed by atoms with Crippen LogP contribution in [0.15, 0.2) is 48.5 Å². The molecule has 126 valence electrons. The molecule has 0 fully saturated rings. The molecule has 24 heavy (non-hydrogen) atoms. The lowest BCUT2D eigenvalue weighted by atomic mass is 9.86. The molecule has 0 unspecified atom stereocenters. The Balaban J connectivity index is 1.93. The monoisotopic (exact) mass is 369 g/mol. The van der Waals surface area contributed by atoms with Crippen molar-refractivity contribution in [1.82, 2.24) is 4.00 Å². The average molecular weight is 370 g/mol. The highest BCUT2D eigenvalue weighted by atomic mass is 31.1. The highest BCUT2D eigenvalue weighted by molar-refractivity contribution is 7.62. The normalized spacial score (nSPS) is 25.0. The first-order valence-electron chi connectivity index (χ1n) is 8.97. The lowest BCUT2D eigenvalue weighted by molar-refractivity contribution is 0.944. The molecule has 2 aliphatic rings. The molecule has 2 bridgehead atoms. The van der Waals surface area contributed by atoms with Crippen LogP contribution in [0.5, 0.6) is 0 Å². The Morgan fingerprint density at radius 3 is 1.17 bits per heavy atom. The number of benzene rings is 2. The molecule has 0 radical (unpaired) electrons. The van der Waals surface area contributed by atoms with Crippen LogP contribution < -0.4 is 0 Å². The smallest absolute Gasteiger partial charge is 0.116 e. The minimum absolute atomic E-state index is 0.193. The predicted octanol–water partition coefficient (Wildman–Crippen LogP) is 6.56. The summed E-state index contributed by atoms with van der Waals surface area (Å²) in [6.07, 6.45) is 0. The van der Waals surface area contributed by atoms with Gasteiger partial charge in [-0.05, 0) is 30.3 Å². The number of rotatable bonds is 3. The Morgan fingerprint density at radius 1 is 0.625 bits per heavy atom. The van der Waals surface area contributed by atoms with E-state index in [4.69, 9.17) is 0 Å². The van der Waals surface area contributed by atoms with Crippen molar-refractivity contribution in [1.29, 1.82) is 0 Å². The van der Waals surface area contributed by atoms with Crippen LogP contribution in [-0.2, 0) is 0 Å². The molecule has 2 aromatic carbocycles. The van der Waals surface area contributed by atoms with Gasteiger partial charge in [-0.3, -0.25) is 0 Å². The first-order valence-corrected chi connectivity index (χ1v) is 17.3. The largest absolute Gasteiger partial charge is 0.323 e. The van der Waals surface area contributed by atoms with Crippen LogP contribution in [-0.4, -0.2) is 20.5 Å². The zero-order valence-electron chi connectivity index (χ0n) is 15.7. The van der Waals surface area contributed by atoms with E-state index >= 15 is 0 Å². The number of hydrogen-bond donors (Lipinski definition) is 0. The minimum Gasteiger partial charge on any atom is -0.323 e. The molecule has 0 saturated heterocycles. The summed E-state index contributed by atoms with van der Waals surface area (Å²) < 4.78 is 3.12. The van der Waals surface area contributed by atoms with Gasteiger partial charge in [0.1, 0.15) is 16.5 Å². The molecule has 0 saturated carbocycles. The van der Waals surface area contributed by atoms with Crippen LogP contribution in [0.4, 0.5) is 0 Å². The molecule has 1 nitrogen and oxygen atoms in total. The Hall–Kier alpha value is -0.736. The summed E-state index contributed by atoms with van der Waals surface area (Å²) in [5.41, 5.74) is 7.75. The van der Waals surface area contributed by atoms with E-state index in [1.54, 1.807) is 22.3 Å². The van der Waals surface area contributed by atoms with Gasteiger partial charge < -0.3 is 4.00 Å². The van der Waals surface area contributed by atoms with Crippen LogP contribution in [0.1, 0.15) is 33.6 Å². The number of fused-ring (bicyclic) bond motifs is 8. The Morgan fingerprint density at radius 2 is 0.917 bits per heavy atom. The third-order valence-electron chi connectivity index (χ3n) is 5.20. The molecule has 4 rings (SSSR count). The maximum Gasteiger partial charge on any atom is 0.116 e. The van der Waals surface area contributed by atoms with Gasteiger partial charge >= 0.3 is 0 Å². The molecular formula is C20H28NPSi2. The van der Waals surface area contributed by atoms with E-state index in [2.05, 4.69) is 91.8 Å². The molecular weight excluding hydrogens is 341 g/mol. The van der Waals surface area contributed by atoms with Crippen LogP contribution in [0, 0.1) is 0 Å². The molecule has 4 heteroatoms. The SMILES string of the molecule is C[Si](C)(C)N(P1C2c3ccccc3C1c1ccccc12)[Si](C)(C)C. The summed E-state index contributed by atoms with van der Waals surface area (Å²) in [5.74, 6) is 0. The van der Waals surface area contributed by atoms with Crippen LogP contribution in [0.3, 0.4) is 0 Å². The Labute approximate surface area is 150 Å². The molecule has 2 aliphatic heterocycles. The molecule has 0 aromatic heterocycles. The van der Waals surface area contributed by atoms with E-state index in [9.17, 15) is 0 Å². The second kappa shape index (κ2) is 5.38. The van der Waals surface area contributed by atoms with Gasteiger partial charge in [-0.25, -0.2) is 0 Å². The van der Waals surface area contributed by atoms with Crippen LogP contribution >= 0.6 is 8.07 Å². The minimum atomic E-state index is -1.39. The van der Waals surface area contributed by atoms with E-state index in [0.29, 0.717) is 11.3 Å².